The molecule has 10 aromatic carbocycles. The topological polar surface area (TPSA) is 19.7 Å². The molecular formula is C61H32F8N4. The van der Waals surface area contributed by atoms with Crippen molar-refractivity contribution >= 4 is 87.2 Å². The van der Waals surface area contributed by atoms with E-state index in [0.29, 0.717) is 76.2 Å². The lowest BCUT2D eigenvalue weighted by molar-refractivity contribution is -0.137. The summed E-state index contributed by atoms with van der Waals surface area (Å²) < 4.78 is 137. The number of benzene rings is 10. The van der Waals surface area contributed by atoms with Gasteiger partial charge in [0.1, 0.15) is 0 Å². The summed E-state index contributed by atoms with van der Waals surface area (Å²) in [4.78, 5) is 0. The fourth-order valence-corrected chi connectivity index (χ4v) is 11.4. The molecule has 73 heavy (non-hydrogen) atoms. The van der Waals surface area contributed by atoms with Crippen molar-refractivity contribution in [1.29, 1.82) is 0 Å². The predicted molar refractivity (Wildman–Crippen MR) is 274 cm³/mol. The average molecular weight is 973 g/mol. The summed E-state index contributed by atoms with van der Waals surface area (Å²) in [6, 6.07) is 56.8. The molecule has 0 bridgehead atoms. The summed E-state index contributed by atoms with van der Waals surface area (Å²) in [5.41, 5.74) is 1.41. The van der Waals surface area contributed by atoms with Crippen LogP contribution in [0.3, 0.4) is 0 Å². The van der Waals surface area contributed by atoms with Crippen LogP contribution in [0.1, 0.15) is 5.56 Å². The standard InChI is InChI=1S/C61H32F8N4/c62-54-53(55(63)57(65)58(66)56(54)64)52-48(72-42-23-11-7-19-36(42)38-27-29-46-50(59(38)72)40-21-9-13-25-44(40)70(46)34-15-3-1-4-16-34)31-33(61(67,68)69)32-49(52)73-43-24-12-8-20-37(43)39-28-30-47-51(60(39)73)41-22-10-14-26-45(41)71(47)35-17-5-2-6-18-35/h1-32H. The van der Waals surface area contributed by atoms with Gasteiger partial charge < -0.3 is 18.3 Å². The van der Waals surface area contributed by atoms with Crippen molar-refractivity contribution < 1.29 is 35.1 Å². The number of hydrogen-bond acceptors (Lipinski definition) is 0. The Morgan fingerprint density at radius 3 is 1.03 bits per heavy atom. The number of nitrogens with zero attached hydrogens (tertiary/aromatic N) is 4. The summed E-state index contributed by atoms with van der Waals surface area (Å²) in [6.07, 6.45) is -5.12. The minimum Gasteiger partial charge on any atom is -0.309 e. The van der Waals surface area contributed by atoms with Crippen LogP contribution in [-0.4, -0.2) is 18.3 Å². The largest absolute Gasteiger partial charge is 0.416 e. The van der Waals surface area contributed by atoms with Gasteiger partial charge in [0, 0.05) is 60.0 Å². The highest BCUT2D eigenvalue weighted by atomic mass is 19.4. The van der Waals surface area contributed by atoms with E-state index >= 15 is 35.1 Å². The molecule has 0 radical (unpaired) electrons. The van der Waals surface area contributed by atoms with Crippen molar-refractivity contribution in [3.8, 4) is 33.9 Å². The first-order chi connectivity index (χ1) is 35.5. The Hall–Kier alpha value is -9.16. The molecule has 0 N–H and O–H groups in total. The average Bonchev–Trinajstić information content (AvgIpc) is 4.16. The molecule has 0 aliphatic carbocycles. The van der Waals surface area contributed by atoms with E-state index in [4.69, 9.17) is 0 Å². The highest BCUT2D eigenvalue weighted by molar-refractivity contribution is 6.28. The first-order valence-electron chi connectivity index (χ1n) is 23.3. The van der Waals surface area contributed by atoms with Crippen LogP contribution in [0.15, 0.2) is 194 Å². The van der Waals surface area contributed by atoms with E-state index in [1.165, 1.54) is 9.13 Å². The Morgan fingerprint density at radius 2 is 0.630 bits per heavy atom. The van der Waals surface area contributed by atoms with Gasteiger partial charge in [-0.15, -0.1) is 0 Å². The first-order valence-corrected chi connectivity index (χ1v) is 23.3. The minimum atomic E-state index is -5.12. The molecule has 12 heteroatoms. The van der Waals surface area contributed by atoms with Gasteiger partial charge in [-0.3, -0.25) is 0 Å². The summed E-state index contributed by atoms with van der Waals surface area (Å²) in [5, 5.41) is 4.78. The molecule has 4 aromatic heterocycles. The van der Waals surface area contributed by atoms with Crippen LogP contribution in [0.25, 0.3) is 121 Å². The number of alkyl halides is 3. The van der Waals surface area contributed by atoms with Crippen LogP contribution >= 0.6 is 0 Å². The third-order valence-corrected chi connectivity index (χ3v) is 14.3. The highest BCUT2D eigenvalue weighted by Gasteiger charge is 2.38. The van der Waals surface area contributed by atoms with E-state index in [9.17, 15) is 0 Å². The summed E-state index contributed by atoms with van der Waals surface area (Å²) in [7, 11) is 0. The van der Waals surface area contributed by atoms with E-state index in [1.807, 2.05) is 143 Å². The molecule has 4 heterocycles. The fourth-order valence-electron chi connectivity index (χ4n) is 11.4. The Kier molecular flexibility index (Phi) is 9.02. The molecule has 0 aliphatic heterocycles. The van der Waals surface area contributed by atoms with Crippen LogP contribution in [0.2, 0.25) is 0 Å². The lowest BCUT2D eigenvalue weighted by Crippen LogP contribution is -2.13. The van der Waals surface area contributed by atoms with Crippen molar-refractivity contribution in [3.05, 3.63) is 229 Å². The molecule has 0 saturated carbocycles. The Morgan fingerprint density at radius 1 is 0.288 bits per heavy atom. The molecule has 0 atom stereocenters. The Labute approximate surface area is 408 Å². The zero-order valence-corrected chi connectivity index (χ0v) is 37.8. The molecule has 4 nitrogen and oxygen atoms in total. The van der Waals surface area contributed by atoms with E-state index in [1.54, 1.807) is 48.5 Å². The van der Waals surface area contributed by atoms with Crippen molar-refractivity contribution in [2.75, 3.05) is 0 Å². The third-order valence-electron chi connectivity index (χ3n) is 14.3. The predicted octanol–water partition coefficient (Wildman–Crippen LogP) is 17.5. The number of fused-ring (bicyclic) bond motifs is 14. The molecule has 0 spiro atoms. The van der Waals surface area contributed by atoms with E-state index in [2.05, 4.69) is 0 Å². The van der Waals surface area contributed by atoms with Gasteiger partial charge >= 0.3 is 6.18 Å². The lowest BCUT2D eigenvalue weighted by atomic mass is 9.95. The number of halogens is 8. The molecule has 352 valence electrons. The summed E-state index contributed by atoms with van der Waals surface area (Å²) in [6.45, 7) is 0. The van der Waals surface area contributed by atoms with Crippen LogP contribution in [0.5, 0.6) is 0 Å². The van der Waals surface area contributed by atoms with Crippen molar-refractivity contribution in [3.63, 3.8) is 0 Å². The van der Waals surface area contributed by atoms with Crippen LogP contribution in [0.4, 0.5) is 35.1 Å². The molecule has 0 saturated heterocycles. The Balaban J connectivity index is 1.25. The van der Waals surface area contributed by atoms with Gasteiger partial charge in [-0.25, -0.2) is 22.0 Å². The maximum atomic E-state index is 17.3. The molecule has 0 aliphatic rings. The molecule has 0 fully saturated rings. The van der Waals surface area contributed by atoms with Crippen LogP contribution < -0.4 is 0 Å². The summed E-state index contributed by atoms with van der Waals surface area (Å²) >= 11 is 0. The second kappa shape index (κ2) is 15.4. The maximum Gasteiger partial charge on any atom is 0.416 e. The molecule has 0 unspecified atom stereocenters. The van der Waals surface area contributed by atoms with Crippen LogP contribution in [0, 0.1) is 29.1 Å². The van der Waals surface area contributed by atoms with Gasteiger partial charge in [0.25, 0.3) is 0 Å². The van der Waals surface area contributed by atoms with Gasteiger partial charge in [-0.05, 0) is 72.8 Å². The van der Waals surface area contributed by atoms with Gasteiger partial charge in [-0.1, -0.05) is 121 Å². The van der Waals surface area contributed by atoms with Gasteiger partial charge in [0.15, 0.2) is 23.3 Å². The second-order valence-electron chi connectivity index (χ2n) is 18.1. The van der Waals surface area contributed by atoms with E-state index in [0.717, 1.165) is 34.5 Å². The quantitative estimate of drug-likeness (QED) is 0.0930. The van der Waals surface area contributed by atoms with Crippen LogP contribution in [-0.2, 0) is 6.18 Å². The molecule has 14 aromatic rings. The Bertz CT molecular complexity index is 4370. The number of rotatable bonds is 5. The summed E-state index contributed by atoms with van der Waals surface area (Å²) in [5.74, 6) is -11.3. The number of aromatic nitrogens is 4. The second-order valence-corrected chi connectivity index (χ2v) is 18.1. The van der Waals surface area contributed by atoms with Gasteiger partial charge in [0.2, 0.25) is 5.82 Å². The SMILES string of the molecule is Fc1c(F)c(F)c(-c2c(-n3c4ccccc4c4ccc5c(c6ccccc6n5-c5ccccc5)c43)cc(C(F)(F)F)cc2-n2c3ccccc3c3ccc4c(c5ccccc5n4-c4ccccc4)c32)c(F)c1F. The van der Waals surface area contributed by atoms with Crippen molar-refractivity contribution in [1.82, 2.24) is 18.3 Å². The van der Waals surface area contributed by atoms with E-state index < -0.39 is 63.3 Å². The van der Waals surface area contributed by atoms with Gasteiger partial charge in [0.05, 0.1) is 66.6 Å². The maximum absolute atomic E-state index is 17.3. The number of hydrogen-bond donors (Lipinski definition) is 0. The van der Waals surface area contributed by atoms with E-state index in [-0.39, 0.29) is 0 Å². The fraction of sp³-hybridized carbons (Fsp3) is 0.0164. The van der Waals surface area contributed by atoms with Crippen molar-refractivity contribution in [2.24, 2.45) is 0 Å². The molecule has 14 rings (SSSR count). The zero-order valence-electron chi connectivity index (χ0n) is 37.8. The number of para-hydroxylation sites is 6. The molecule has 0 amide bonds. The minimum absolute atomic E-state index is 0.312. The van der Waals surface area contributed by atoms with Gasteiger partial charge in [-0.2, -0.15) is 13.2 Å². The monoisotopic (exact) mass is 972 g/mol. The highest BCUT2D eigenvalue weighted by Crippen LogP contribution is 2.50. The first kappa shape index (κ1) is 42.7. The molecular weight excluding hydrogens is 941 g/mol. The van der Waals surface area contributed by atoms with Crippen molar-refractivity contribution in [2.45, 2.75) is 6.18 Å². The smallest absolute Gasteiger partial charge is 0.309 e. The normalized spacial score (nSPS) is 12.4. The zero-order chi connectivity index (χ0) is 49.6. The third kappa shape index (κ3) is 5.88. The lowest BCUT2D eigenvalue weighted by Gasteiger charge is -2.24.